The van der Waals surface area contributed by atoms with Gasteiger partial charge in [0.1, 0.15) is 0 Å². The maximum absolute atomic E-state index is 12.0. The van der Waals surface area contributed by atoms with Crippen molar-refractivity contribution in [1.29, 1.82) is 0 Å². The second-order valence-electron chi connectivity index (χ2n) is 4.09. The van der Waals surface area contributed by atoms with Gasteiger partial charge in [0.15, 0.2) is 0 Å². The smallest absolute Gasteiger partial charge is 0.336 e. The molecule has 1 rings (SSSR count). The van der Waals surface area contributed by atoms with Gasteiger partial charge in [-0.1, -0.05) is 6.92 Å². The molecule has 1 aromatic carbocycles. The first-order valence-corrected chi connectivity index (χ1v) is 7.97. The number of carbonyl (C=O) groups is 1. The maximum atomic E-state index is 12.0. The molecule has 0 bridgehead atoms. The highest BCUT2D eigenvalue weighted by molar-refractivity contribution is 14.1. The highest BCUT2D eigenvalue weighted by Gasteiger charge is 2.18. The first-order chi connectivity index (χ1) is 8.77. The lowest BCUT2D eigenvalue weighted by Crippen LogP contribution is -2.29. The van der Waals surface area contributed by atoms with Crippen LogP contribution in [0.5, 0.6) is 0 Å². The van der Waals surface area contributed by atoms with Crippen molar-refractivity contribution in [2.45, 2.75) is 11.8 Å². The lowest BCUT2D eigenvalue weighted by Gasteiger charge is -2.11. The number of rotatable bonds is 6. The Morgan fingerprint density at radius 3 is 2.63 bits per heavy atom. The summed E-state index contributed by atoms with van der Waals surface area (Å²) in [6.07, 6.45) is 0. The Balaban J connectivity index is 3.02. The summed E-state index contributed by atoms with van der Waals surface area (Å²) in [6.45, 7) is 1.65. The zero-order chi connectivity index (χ0) is 14.6. The normalized spacial score (nSPS) is 13.2. The van der Waals surface area contributed by atoms with Crippen molar-refractivity contribution in [2.75, 3.05) is 13.2 Å². The summed E-state index contributed by atoms with van der Waals surface area (Å²) in [4.78, 5) is 10.9. The Bertz CT molecular complexity index is 572. The molecule has 0 amide bonds. The third-order valence-electron chi connectivity index (χ3n) is 2.41. The molecule has 0 radical (unpaired) electrons. The maximum Gasteiger partial charge on any atom is 0.336 e. The summed E-state index contributed by atoms with van der Waals surface area (Å²) >= 11 is 1.83. The molecule has 0 fully saturated rings. The summed E-state index contributed by atoms with van der Waals surface area (Å²) < 4.78 is 26.7. The minimum absolute atomic E-state index is 0.0568. The number of aliphatic hydroxyl groups is 1. The largest absolute Gasteiger partial charge is 0.478 e. The Morgan fingerprint density at radius 1 is 1.47 bits per heavy atom. The van der Waals surface area contributed by atoms with Gasteiger partial charge in [-0.3, -0.25) is 0 Å². The number of benzene rings is 1. The molecule has 0 aliphatic rings. The van der Waals surface area contributed by atoms with Crippen LogP contribution in [0, 0.1) is 9.49 Å². The second-order valence-corrected chi connectivity index (χ2v) is 7.02. The number of carboxylic acid groups (broad SMARTS) is 1. The number of hydrogen-bond donors (Lipinski definition) is 3. The predicted octanol–water partition coefficient (Wildman–Crippen LogP) is 0.896. The van der Waals surface area contributed by atoms with Crippen LogP contribution >= 0.6 is 22.6 Å². The minimum Gasteiger partial charge on any atom is -0.478 e. The Labute approximate surface area is 125 Å². The number of aromatic carboxylic acids is 1. The molecule has 1 aromatic rings. The van der Waals surface area contributed by atoms with Gasteiger partial charge in [-0.25, -0.2) is 17.9 Å². The zero-order valence-electron chi connectivity index (χ0n) is 10.1. The standard InChI is InChI=1S/C11H14INO5S/c1-7(6-14)5-13-19(17,18)8-2-3-10(12)9(4-8)11(15)16/h2-4,7,13-14H,5-6H2,1H3,(H,15,16). The fourth-order valence-corrected chi connectivity index (χ4v) is 2.99. The van der Waals surface area contributed by atoms with Gasteiger partial charge < -0.3 is 10.2 Å². The fraction of sp³-hybridized carbons (Fsp3) is 0.364. The SMILES string of the molecule is CC(CO)CNS(=O)(=O)c1ccc(I)c(C(=O)O)c1. The number of halogens is 1. The van der Waals surface area contributed by atoms with Crippen molar-refractivity contribution in [3.05, 3.63) is 27.3 Å². The summed E-state index contributed by atoms with van der Waals surface area (Å²) in [7, 11) is -3.77. The van der Waals surface area contributed by atoms with Gasteiger partial charge in [-0.15, -0.1) is 0 Å². The lowest BCUT2D eigenvalue weighted by molar-refractivity contribution is 0.0695. The molecule has 106 valence electrons. The molecule has 19 heavy (non-hydrogen) atoms. The van der Waals surface area contributed by atoms with E-state index in [0.717, 1.165) is 6.07 Å². The Hall–Kier alpha value is -0.710. The quantitative estimate of drug-likeness (QED) is 0.617. The number of nitrogens with one attached hydrogen (secondary N) is 1. The van der Waals surface area contributed by atoms with Crippen LogP contribution in [0.15, 0.2) is 23.1 Å². The van der Waals surface area contributed by atoms with Gasteiger partial charge in [0.05, 0.1) is 10.5 Å². The molecule has 0 heterocycles. The van der Waals surface area contributed by atoms with Gasteiger partial charge in [-0.05, 0) is 46.7 Å². The van der Waals surface area contributed by atoms with E-state index in [1.165, 1.54) is 12.1 Å². The van der Waals surface area contributed by atoms with E-state index in [0.29, 0.717) is 3.57 Å². The van der Waals surface area contributed by atoms with Crippen molar-refractivity contribution in [2.24, 2.45) is 5.92 Å². The molecular weight excluding hydrogens is 385 g/mol. The molecule has 0 aliphatic heterocycles. The monoisotopic (exact) mass is 399 g/mol. The lowest BCUT2D eigenvalue weighted by atomic mass is 10.2. The van der Waals surface area contributed by atoms with Crippen LogP contribution in [0.4, 0.5) is 0 Å². The first kappa shape index (κ1) is 16.3. The topological polar surface area (TPSA) is 104 Å². The Morgan fingerprint density at radius 2 is 2.11 bits per heavy atom. The number of carboxylic acids is 1. The van der Waals surface area contributed by atoms with Gasteiger partial charge in [-0.2, -0.15) is 0 Å². The fourth-order valence-electron chi connectivity index (χ4n) is 1.24. The van der Waals surface area contributed by atoms with E-state index in [1.807, 2.05) is 22.6 Å². The van der Waals surface area contributed by atoms with Crippen LogP contribution in [-0.2, 0) is 10.0 Å². The molecule has 0 aromatic heterocycles. The predicted molar refractivity (Wildman–Crippen MR) is 77.6 cm³/mol. The third kappa shape index (κ3) is 4.41. The highest BCUT2D eigenvalue weighted by atomic mass is 127. The van der Waals surface area contributed by atoms with Crippen molar-refractivity contribution in [1.82, 2.24) is 4.72 Å². The molecule has 0 spiro atoms. The van der Waals surface area contributed by atoms with Crippen molar-refractivity contribution in [3.8, 4) is 0 Å². The average molecular weight is 399 g/mol. The van der Waals surface area contributed by atoms with Gasteiger partial charge in [0.2, 0.25) is 10.0 Å². The molecule has 1 atom stereocenters. The van der Waals surface area contributed by atoms with E-state index in [9.17, 15) is 13.2 Å². The first-order valence-electron chi connectivity index (χ1n) is 5.41. The van der Waals surface area contributed by atoms with Crippen LogP contribution in [0.2, 0.25) is 0 Å². The van der Waals surface area contributed by atoms with Gasteiger partial charge in [0.25, 0.3) is 0 Å². The molecule has 1 unspecified atom stereocenters. The highest BCUT2D eigenvalue weighted by Crippen LogP contribution is 2.18. The molecule has 0 aliphatic carbocycles. The summed E-state index contributed by atoms with van der Waals surface area (Å²) in [6, 6.07) is 3.91. The van der Waals surface area contributed by atoms with Crippen molar-refractivity contribution in [3.63, 3.8) is 0 Å². The van der Waals surface area contributed by atoms with E-state index in [-0.39, 0.29) is 29.5 Å². The number of aliphatic hydroxyl groups excluding tert-OH is 1. The zero-order valence-corrected chi connectivity index (χ0v) is 13.1. The Kier molecular flexibility index (Phi) is 5.71. The molecule has 8 heteroatoms. The van der Waals surface area contributed by atoms with Crippen LogP contribution in [0.3, 0.4) is 0 Å². The van der Waals surface area contributed by atoms with Gasteiger partial charge >= 0.3 is 5.97 Å². The van der Waals surface area contributed by atoms with Crippen LogP contribution in [-0.4, -0.2) is 37.8 Å². The van der Waals surface area contributed by atoms with Crippen LogP contribution in [0.25, 0.3) is 0 Å². The number of sulfonamides is 1. The second kappa shape index (κ2) is 6.64. The summed E-state index contributed by atoms with van der Waals surface area (Å²) in [5.41, 5.74) is -0.0568. The molecule has 0 saturated heterocycles. The van der Waals surface area contributed by atoms with E-state index >= 15 is 0 Å². The summed E-state index contributed by atoms with van der Waals surface area (Å²) in [5, 5.41) is 17.8. The van der Waals surface area contributed by atoms with Crippen molar-refractivity contribution >= 4 is 38.6 Å². The molecule has 0 saturated carbocycles. The molecule has 6 nitrogen and oxygen atoms in total. The van der Waals surface area contributed by atoms with E-state index in [1.54, 1.807) is 6.92 Å². The van der Waals surface area contributed by atoms with Gasteiger partial charge in [0, 0.05) is 16.7 Å². The summed E-state index contributed by atoms with van der Waals surface area (Å²) in [5.74, 6) is -1.39. The number of hydrogen-bond acceptors (Lipinski definition) is 4. The van der Waals surface area contributed by atoms with E-state index in [4.69, 9.17) is 10.2 Å². The van der Waals surface area contributed by atoms with Crippen LogP contribution in [0.1, 0.15) is 17.3 Å². The average Bonchev–Trinajstić information content (AvgIpc) is 2.35. The van der Waals surface area contributed by atoms with Crippen LogP contribution < -0.4 is 4.72 Å². The van der Waals surface area contributed by atoms with E-state index < -0.39 is 16.0 Å². The minimum atomic E-state index is -3.77. The van der Waals surface area contributed by atoms with Crippen molar-refractivity contribution < 1.29 is 23.4 Å². The molecule has 3 N–H and O–H groups in total. The molecular formula is C11H14INO5S. The van der Waals surface area contributed by atoms with E-state index in [2.05, 4.69) is 4.72 Å². The third-order valence-corrected chi connectivity index (χ3v) is 4.77.